The number of aliphatic imine (C=N–C) groups is 1. The molecule has 1 aliphatic rings. The highest BCUT2D eigenvalue weighted by atomic mass is 15.3. The van der Waals surface area contributed by atoms with E-state index in [-0.39, 0.29) is 11.1 Å². The van der Waals surface area contributed by atoms with Gasteiger partial charge in [0.15, 0.2) is 0 Å². The fourth-order valence-corrected chi connectivity index (χ4v) is 7.09. The third kappa shape index (κ3) is 4.28. The van der Waals surface area contributed by atoms with Gasteiger partial charge in [-0.25, -0.2) is 0 Å². The van der Waals surface area contributed by atoms with Gasteiger partial charge in [0.05, 0.1) is 11.1 Å². The second kappa shape index (κ2) is 10.2. The summed E-state index contributed by atoms with van der Waals surface area (Å²) < 4.78 is 0. The minimum absolute atomic E-state index is 0.187. The van der Waals surface area contributed by atoms with Crippen LogP contribution in [-0.2, 0) is 0 Å². The first-order chi connectivity index (χ1) is 21.8. The summed E-state index contributed by atoms with van der Waals surface area (Å²) in [5.41, 5.74) is 6.87. The molecule has 0 aliphatic carbocycles. The van der Waals surface area contributed by atoms with Crippen molar-refractivity contribution in [3.63, 3.8) is 0 Å². The first kappa shape index (κ1) is 27.3. The Bertz CT molecular complexity index is 2200. The Hall–Kier alpha value is -5.21. The van der Waals surface area contributed by atoms with Crippen LogP contribution in [0, 0.1) is 0 Å². The number of para-hydroxylation sites is 1. The van der Waals surface area contributed by atoms with Gasteiger partial charge in [-0.05, 0) is 100 Å². The van der Waals surface area contributed by atoms with E-state index >= 15 is 0 Å². The predicted molar refractivity (Wildman–Crippen MR) is 193 cm³/mol. The number of hydrogen-bond acceptors (Lipinski definition) is 2. The van der Waals surface area contributed by atoms with Crippen LogP contribution >= 0.6 is 0 Å². The lowest BCUT2D eigenvalue weighted by Gasteiger charge is -2.41. The highest BCUT2D eigenvalue weighted by Gasteiger charge is 2.49. The van der Waals surface area contributed by atoms with Crippen LogP contribution in [0.3, 0.4) is 0 Å². The van der Waals surface area contributed by atoms with Crippen LogP contribution in [0.2, 0.25) is 0 Å². The monoisotopic (exact) mass is 580 g/mol. The number of rotatable bonds is 4. The van der Waals surface area contributed by atoms with Gasteiger partial charge in [-0.2, -0.15) is 0 Å². The Morgan fingerprint density at radius 1 is 0.444 bits per heavy atom. The van der Waals surface area contributed by atoms with Crippen LogP contribution in [0.5, 0.6) is 0 Å². The molecule has 0 N–H and O–H groups in total. The van der Waals surface area contributed by atoms with Gasteiger partial charge in [0.25, 0.3) is 0 Å². The summed E-state index contributed by atoms with van der Waals surface area (Å²) in [6, 6.07) is 52.9. The van der Waals surface area contributed by atoms with E-state index in [1.807, 2.05) is 0 Å². The lowest BCUT2D eigenvalue weighted by atomic mass is 9.83. The third-order valence-corrected chi connectivity index (χ3v) is 10.1. The zero-order valence-corrected chi connectivity index (χ0v) is 26.3. The van der Waals surface area contributed by atoms with Gasteiger partial charge < -0.3 is 4.90 Å². The summed E-state index contributed by atoms with van der Waals surface area (Å²) in [7, 11) is 0. The number of hydrogen-bond donors (Lipinski definition) is 0. The fourth-order valence-electron chi connectivity index (χ4n) is 7.09. The van der Waals surface area contributed by atoms with Crippen LogP contribution in [0.15, 0.2) is 151 Å². The molecule has 0 fully saturated rings. The normalized spacial score (nSPS) is 15.6. The molecule has 8 rings (SSSR count). The molecule has 0 bridgehead atoms. The van der Waals surface area contributed by atoms with Crippen LogP contribution in [0.1, 0.15) is 33.3 Å². The minimum Gasteiger partial charge on any atom is -0.318 e. The molecule has 0 spiro atoms. The predicted octanol–water partition coefficient (Wildman–Crippen LogP) is 11.3. The van der Waals surface area contributed by atoms with Crippen LogP contribution < -0.4 is 4.90 Å². The molecule has 7 aromatic carbocycles. The number of benzene rings is 7. The molecule has 1 aliphatic heterocycles. The summed E-state index contributed by atoms with van der Waals surface area (Å²) in [6.07, 6.45) is 0. The van der Waals surface area contributed by atoms with E-state index in [1.165, 1.54) is 54.6 Å². The van der Waals surface area contributed by atoms with Gasteiger partial charge in [0.2, 0.25) is 0 Å². The summed E-state index contributed by atoms with van der Waals surface area (Å²) in [5, 5.41) is 7.58. The third-order valence-electron chi connectivity index (χ3n) is 10.1. The molecule has 45 heavy (non-hydrogen) atoms. The first-order valence-corrected chi connectivity index (χ1v) is 15.8. The Kier molecular flexibility index (Phi) is 6.18. The maximum Gasteiger partial charge on any atom is 0.136 e. The van der Waals surface area contributed by atoms with Crippen LogP contribution in [-0.4, -0.2) is 16.9 Å². The van der Waals surface area contributed by atoms with Gasteiger partial charge in [0.1, 0.15) is 5.84 Å². The van der Waals surface area contributed by atoms with E-state index in [2.05, 4.69) is 178 Å². The molecule has 218 valence electrons. The summed E-state index contributed by atoms with van der Waals surface area (Å²) in [6.45, 7) is 9.06. The smallest absolute Gasteiger partial charge is 0.136 e. The summed E-state index contributed by atoms with van der Waals surface area (Å²) in [4.78, 5) is 7.72. The number of anilines is 1. The SMILES string of the molecule is CC1(C)N=C(c2ccc(-c3c4ccccc4c(-c4ccc5ccccc5c4)c4ccccc34)cc2)N(c2ccccc2)C1(C)C. The first-order valence-electron chi connectivity index (χ1n) is 15.8. The highest BCUT2D eigenvalue weighted by molar-refractivity contribution is 6.22. The van der Waals surface area contributed by atoms with Crippen molar-refractivity contribution in [1.82, 2.24) is 0 Å². The van der Waals surface area contributed by atoms with Crippen molar-refractivity contribution in [2.24, 2.45) is 4.99 Å². The van der Waals surface area contributed by atoms with E-state index in [1.54, 1.807) is 0 Å². The molecular weight excluding hydrogens is 544 g/mol. The van der Waals surface area contributed by atoms with Crippen LogP contribution in [0.4, 0.5) is 5.69 Å². The van der Waals surface area contributed by atoms with E-state index in [4.69, 9.17) is 4.99 Å². The van der Waals surface area contributed by atoms with Crippen molar-refractivity contribution in [3.8, 4) is 22.3 Å². The van der Waals surface area contributed by atoms with E-state index in [9.17, 15) is 0 Å². The molecule has 0 amide bonds. The number of amidine groups is 1. The van der Waals surface area contributed by atoms with Gasteiger partial charge in [-0.3, -0.25) is 4.99 Å². The van der Waals surface area contributed by atoms with Crippen molar-refractivity contribution in [1.29, 1.82) is 0 Å². The minimum atomic E-state index is -0.248. The lowest BCUT2D eigenvalue weighted by Crippen LogP contribution is -2.53. The van der Waals surface area contributed by atoms with Crippen molar-refractivity contribution < 1.29 is 0 Å². The Morgan fingerprint density at radius 3 is 1.51 bits per heavy atom. The van der Waals surface area contributed by atoms with Gasteiger partial charge in [0, 0.05) is 11.3 Å². The van der Waals surface area contributed by atoms with E-state index in [0.717, 1.165) is 17.1 Å². The lowest BCUT2D eigenvalue weighted by molar-refractivity contribution is 0.338. The molecule has 0 atom stereocenters. The van der Waals surface area contributed by atoms with Crippen molar-refractivity contribution >= 4 is 43.8 Å². The molecular formula is C43H36N2. The Morgan fingerprint density at radius 2 is 0.911 bits per heavy atom. The maximum absolute atomic E-state index is 5.31. The zero-order valence-electron chi connectivity index (χ0n) is 26.3. The van der Waals surface area contributed by atoms with Gasteiger partial charge in [-0.1, -0.05) is 127 Å². The van der Waals surface area contributed by atoms with Gasteiger partial charge >= 0.3 is 0 Å². The summed E-state index contributed by atoms with van der Waals surface area (Å²) in [5.74, 6) is 1.02. The molecule has 0 saturated carbocycles. The quantitative estimate of drug-likeness (QED) is 0.189. The van der Waals surface area contributed by atoms with E-state index in [0.29, 0.717) is 0 Å². The molecule has 0 saturated heterocycles. The maximum atomic E-state index is 5.31. The average Bonchev–Trinajstić information content (AvgIpc) is 3.26. The molecule has 1 heterocycles. The number of fused-ring (bicyclic) bond motifs is 3. The topological polar surface area (TPSA) is 15.6 Å². The Labute approximate surface area is 265 Å². The second-order valence-corrected chi connectivity index (χ2v) is 13.2. The number of nitrogens with zero attached hydrogens (tertiary/aromatic N) is 2. The molecule has 0 radical (unpaired) electrons. The van der Waals surface area contributed by atoms with Crippen molar-refractivity contribution in [2.75, 3.05) is 4.90 Å². The van der Waals surface area contributed by atoms with Crippen molar-refractivity contribution in [3.05, 3.63) is 151 Å². The fraction of sp³-hybridized carbons (Fsp3) is 0.140. The molecule has 0 aromatic heterocycles. The molecule has 2 nitrogen and oxygen atoms in total. The van der Waals surface area contributed by atoms with Crippen LogP contribution in [0.25, 0.3) is 54.6 Å². The molecule has 2 heteroatoms. The second-order valence-electron chi connectivity index (χ2n) is 13.2. The van der Waals surface area contributed by atoms with Gasteiger partial charge in [-0.15, -0.1) is 0 Å². The standard InChI is InChI=1S/C43H36N2/c1-42(2)43(3,4)45(34-16-6-5-7-17-34)41(44-42)31-25-23-30(24-26-31)39-35-18-10-12-20-37(35)40(38-21-13-11-19-36(38)39)33-27-22-29-14-8-9-15-32(29)28-33/h5-28H,1-4H3. The molecule has 0 unspecified atom stereocenters. The zero-order chi connectivity index (χ0) is 30.8. The highest BCUT2D eigenvalue weighted by Crippen LogP contribution is 2.45. The average molecular weight is 581 g/mol. The largest absolute Gasteiger partial charge is 0.318 e. The summed E-state index contributed by atoms with van der Waals surface area (Å²) >= 11 is 0. The van der Waals surface area contributed by atoms with E-state index < -0.39 is 0 Å². The Balaban J connectivity index is 1.30. The molecule has 7 aromatic rings. The van der Waals surface area contributed by atoms with Crippen molar-refractivity contribution in [2.45, 2.75) is 38.8 Å².